The molecule has 2 aromatic heterocycles. The van der Waals surface area contributed by atoms with Crippen LogP contribution in [0.15, 0.2) is 24.7 Å². The van der Waals surface area contributed by atoms with E-state index in [2.05, 4.69) is 21.9 Å². The smallest absolute Gasteiger partial charge is 0.409 e. The van der Waals surface area contributed by atoms with Crippen molar-refractivity contribution in [2.75, 3.05) is 0 Å². The van der Waals surface area contributed by atoms with E-state index >= 15 is 0 Å². The summed E-state index contributed by atoms with van der Waals surface area (Å²) in [7, 11) is 1.79. The van der Waals surface area contributed by atoms with Gasteiger partial charge < -0.3 is 10.5 Å². The maximum absolute atomic E-state index is 10.8. The lowest BCUT2D eigenvalue weighted by Gasteiger charge is -2.03. The number of nitrogens with two attached hydrogens (primary N) is 1. The molecule has 0 fully saturated rings. The summed E-state index contributed by atoms with van der Waals surface area (Å²) >= 11 is 5.72. The molecule has 0 aliphatic carbocycles. The monoisotopic (exact) mass is 276 g/mol. The molecule has 0 atom stereocenters. The van der Waals surface area contributed by atoms with Crippen LogP contribution in [0.2, 0.25) is 5.15 Å². The molecular formula is C12H9ClN4O2. The Labute approximate surface area is 114 Å². The van der Waals surface area contributed by atoms with Crippen LogP contribution in [0.1, 0.15) is 11.1 Å². The number of pyridine rings is 1. The number of aromatic nitrogens is 3. The highest BCUT2D eigenvalue weighted by molar-refractivity contribution is 6.29. The molecule has 96 valence electrons. The van der Waals surface area contributed by atoms with Crippen molar-refractivity contribution in [3.8, 4) is 17.6 Å². The molecule has 2 rings (SSSR count). The van der Waals surface area contributed by atoms with Gasteiger partial charge in [-0.15, -0.1) is 0 Å². The average molecular weight is 277 g/mol. The predicted molar refractivity (Wildman–Crippen MR) is 68.6 cm³/mol. The Bertz CT molecular complexity index is 685. The lowest BCUT2D eigenvalue weighted by atomic mass is 10.2. The Morgan fingerprint density at radius 2 is 2.26 bits per heavy atom. The van der Waals surface area contributed by atoms with Crippen LogP contribution in [-0.2, 0) is 7.05 Å². The number of halogens is 1. The molecule has 0 unspecified atom stereocenters. The van der Waals surface area contributed by atoms with Crippen molar-refractivity contribution < 1.29 is 9.53 Å². The Morgan fingerprint density at radius 3 is 2.89 bits per heavy atom. The molecule has 0 radical (unpaired) electrons. The highest BCUT2D eigenvalue weighted by Gasteiger charge is 2.06. The van der Waals surface area contributed by atoms with Gasteiger partial charge in [-0.05, 0) is 0 Å². The molecule has 2 heterocycles. The third-order valence-electron chi connectivity index (χ3n) is 2.09. The molecule has 0 aromatic carbocycles. The van der Waals surface area contributed by atoms with Gasteiger partial charge in [0.25, 0.3) is 0 Å². The van der Waals surface area contributed by atoms with Crippen LogP contribution in [0.25, 0.3) is 0 Å². The zero-order valence-corrected chi connectivity index (χ0v) is 10.7. The minimum absolute atomic E-state index is 0.170. The van der Waals surface area contributed by atoms with Gasteiger partial charge in [-0.25, -0.2) is 9.78 Å². The fourth-order valence-electron chi connectivity index (χ4n) is 1.32. The Hall–Kier alpha value is -2.52. The second-order valence-electron chi connectivity index (χ2n) is 3.58. The van der Waals surface area contributed by atoms with Crippen molar-refractivity contribution in [3.63, 3.8) is 0 Å². The first-order valence-corrected chi connectivity index (χ1v) is 5.56. The molecule has 0 saturated carbocycles. The van der Waals surface area contributed by atoms with E-state index in [0.29, 0.717) is 5.56 Å². The number of aryl methyl sites for hydroxylation is 1. The number of primary amides is 1. The van der Waals surface area contributed by atoms with Crippen LogP contribution >= 0.6 is 11.6 Å². The molecule has 19 heavy (non-hydrogen) atoms. The second kappa shape index (κ2) is 5.42. The minimum Gasteiger partial charge on any atom is -0.409 e. The Morgan fingerprint density at radius 1 is 1.47 bits per heavy atom. The normalized spacial score (nSPS) is 9.58. The summed E-state index contributed by atoms with van der Waals surface area (Å²) in [5.41, 5.74) is 6.10. The van der Waals surface area contributed by atoms with Gasteiger partial charge in [-0.1, -0.05) is 23.4 Å². The average Bonchev–Trinajstić information content (AvgIpc) is 2.73. The zero-order valence-electron chi connectivity index (χ0n) is 9.92. The molecule has 0 aliphatic rings. The van der Waals surface area contributed by atoms with E-state index in [0.717, 1.165) is 5.56 Å². The summed E-state index contributed by atoms with van der Waals surface area (Å²) < 4.78 is 6.44. The van der Waals surface area contributed by atoms with E-state index in [1.165, 1.54) is 12.3 Å². The van der Waals surface area contributed by atoms with E-state index in [-0.39, 0.29) is 10.9 Å². The molecule has 6 nitrogen and oxygen atoms in total. The SMILES string of the molecule is Cn1cc(C#Cc2cnc(Cl)cc2OC(N)=O)cn1. The number of hydrogen-bond acceptors (Lipinski definition) is 4. The quantitative estimate of drug-likeness (QED) is 0.629. The first-order valence-electron chi connectivity index (χ1n) is 5.18. The maximum Gasteiger partial charge on any atom is 0.410 e. The second-order valence-corrected chi connectivity index (χ2v) is 3.96. The van der Waals surface area contributed by atoms with Crippen LogP contribution in [0, 0.1) is 11.8 Å². The van der Waals surface area contributed by atoms with Crippen molar-refractivity contribution in [2.24, 2.45) is 12.8 Å². The number of rotatable bonds is 1. The van der Waals surface area contributed by atoms with Gasteiger partial charge in [0.2, 0.25) is 0 Å². The van der Waals surface area contributed by atoms with Gasteiger partial charge in [0.15, 0.2) is 5.75 Å². The molecule has 0 saturated heterocycles. The third kappa shape index (κ3) is 3.47. The number of hydrogen-bond donors (Lipinski definition) is 1. The molecule has 1 amide bonds. The fraction of sp³-hybridized carbons (Fsp3) is 0.0833. The highest BCUT2D eigenvalue weighted by Crippen LogP contribution is 2.20. The molecule has 2 N–H and O–H groups in total. The lowest BCUT2D eigenvalue weighted by Crippen LogP contribution is -2.17. The number of carbonyl (C=O) groups excluding carboxylic acids is 1. The Kier molecular flexibility index (Phi) is 3.68. The van der Waals surface area contributed by atoms with Crippen molar-refractivity contribution in [1.29, 1.82) is 0 Å². The lowest BCUT2D eigenvalue weighted by molar-refractivity contribution is 0.210. The van der Waals surface area contributed by atoms with Gasteiger partial charge in [-0.3, -0.25) is 4.68 Å². The molecule has 0 bridgehead atoms. The number of ether oxygens (including phenoxy) is 1. The molecule has 7 heteroatoms. The molecule has 2 aromatic rings. The first kappa shape index (κ1) is 12.9. The van der Waals surface area contributed by atoms with E-state index in [9.17, 15) is 4.79 Å². The van der Waals surface area contributed by atoms with Crippen molar-refractivity contribution in [2.45, 2.75) is 0 Å². The zero-order chi connectivity index (χ0) is 13.8. The first-order chi connectivity index (χ1) is 9.04. The summed E-state index contributed by atoms with van der Waals surface area (Å²) in [5.74, 6) is 5.85. The topological polar surface area (TPSA) is 83.0 Å². The molecule has 0 spiro atoms. The van der Waals surface area contributed by atoms with E-state index < -0.39 is 6.09 Å². The summed E-state index contributed by atoms with van der Waals surface area (Å²) in [4.78, 5) is 14.7. The predicted octanol–water partition coefficient (Wildman–Crippen LogP) is 1.33. The van der Waals surface area contributed by atoms with Gasteiger partial charge in [0.1, 0.15) is 5.15 Å². The van der Waals surface area contributed by atoms with Crippen LogP contribution in [0.3, 0.4) is 0 Å². The maximum atomic E-state index is 10.8. The summed E-state index contributed by atoms with van der Waals surface area (Å²) in [6.45, 7) is 0. The minimum atomic E-state index is -0.938. The molecular weight excluding hydrogens is 268 g/mol. The summed E-state index contributed by atoms with van der Waals surface area (Å²) in [5, 5.41) is 4.17. The standard InChI is InChI=1S/C12H9ClN4O2/c1-17-7-8(5-16-17)2-3-9-6-15-11(13)4-10(9)19-12(14)18/h4-7H,1H3,(H2,14,18). The number of nitrogens with zero attached hydrogens (tertiary/aromatic N) is 3. The van der Waals surface area contributed by atoms with Gasteiger partial charge >= 0.3 is 6.09 Å². The number of carbonyl (C=O) groups is 1. The van der Waals surface area contributed by atoms with Crippen LogP contribution < -0.4 is 10.5 Å². The van der Waals surface area contributed by atoms with Crippen molar-refractivity contribution in [3.05, 3.63) is 40.9 Å². The van der Waals surface area contributed by atoms with Gasteiger partial charge in [0.05, 0.1) is 17.3 Å². The summed E-state index contributed by atoms with van der Waals surface area (Å²) in [6.07, 6.45) is 3.84. The van der Waals surface area contributed by atoms with Crippen molar-refractivity contribution >= 4 is 17.7 Å². The van der Waals surface area contributed by atoms with Crippen LogP contribution in [0.4, 0.5) is 4.79 Å². The number of amides is 1. The van der Waals surface area contributed by atoms with Crippen molar-refractivity contribution in [1.82, 2.24) is 14.8 Å². The Balaban J connectivity index is 2.34. The third-order valence-corrected chi connectivity index (χ3v) is 2.30. The van der Waals surface area contributed by atoms with Crippen LogP contribution in [-0.4, -0.2) is 20.9 Å². The van der Waals surface area contributed by atoms with E-state index in [1.54, 1.807) is 24.1 Å². The van der Waals surface area contributed by atoms with Gasteiger partial charge in [-0.2, -0.15) is 5.10 Å². The fourth-order valence-corrected chi connectivity index (χ4v) is 1.47. The van der Waals surface area contributed by atoms with Crippen LogP contribution in [0.5, 0.6) is 5.75 Å². The van der Waals surface area contributed by atoms with E-state index in [4.69, 9.17) is 22.1 Å². The van der Waals surface area contributed by atoms with Gasteiger partial charge in [0, 0.05) is 25.5 Å². The highest BCUT2D eigenvalue weighted by atomic mass is 35.5. The largest absolute Gasteiger partial charge is 0.410 e. The summed E-state index contributed by atoms with van der Waals surface area (Å²) in [6, 6.07) is 1.37. The van der Waals surface area contributed by atoms with E-state index in [1.807, 2.05) is 0 Å². The molecule has 0 aliphatic heterocycles.